The zero-order valence-corrected chi connectivity index (χ0v) is 22.6. The van der Waals surface area contributed by atoms with Crippen LogP contribution in [0.25, 0.3) is 0 Å². The Bertz CT molecular complexity index is 1030. The van der Waals surface area contributed by atoms with Gasteiger partial charge in [0.2, 0.25) is 5.91 Å². The highest BCUT2D eigenvalue weighted by molar-refractivity contribution is 5.81. The van der Waals surface area contributed by atoms with Crippen molar-refractivity contribution in [3.8, 4) is 5.75 Å². The molecule has 2 saturated heterocycles. The molecule has 0 bridgehead atoms. The summed E-state index contributed by atoms with van der Waals surface area (Å²) in [6, 6.07) is 16.5. The van der Waals surface area contributed by atoms with Crippen LogP contribution in [0.15, 0.2) is 54.6 Å². The molecule has 0 radical (unpaired) electrons. The van der Waals surface area contributed by atoms with Crippen molar-refractivity contribution in [2.24, 2.45) is 5.92 Å². The SMILES string of the molecule is O=C(CCCCC(=O)C1CCOCC1)N[C@H](CN1CC[C@@H](F)C1)C(O)c1ccc(OCc2ccccc2)cc1. The van der Waals surface area contributed by atoms with E-state index in [1.54, 1.807) is 12.1 Å². The lowest BCUT2D eigenvalue weighted by atomic mass is 9.92. The monoisotopic (exact) mass is 540 g/mol. The van der Waals surface area contributed by atoms with Gasteiger partial charge in [-0.1, -0.05) is 42.5 Å². The minimum absolute atomic E-state index is 0.0852. The summed E-state index contributed by atoms with van der Waals surface area (Å²) in [5, 5.41) is 14.2. The van der Waals surface area contributed by atoms with Crippen molar-refractivity contribution in [2.75, 3.05) is 32.8 Å². The van der Waals surface area contributed by atoms with E-state index in [0.717, 1.165) is 18.4 Å². The molecule has 39 heavy (non-hydrogen) atoms. The largest absolute Gasteiger partial charge is 0.489 e. The Labute approximate surface area is 230 Å². The predicted octanol–water partition coefficient (Wildman–Crippen LogP) is 4.38. The number of ether oxygens (including phenoxy) is 2. The standard InChI is InChI=1S/C31H41FN2O5/c32-26-14-17-34(20-26)21-28(33-30(36)9-5-4-8-29(35)24-15-18-38-19-16-24)31(37)25-10-12-27(13-11-25)39-22-23-6-2-1-3-7-23/h1-3,6-7,10-13,24,26,28,31,37H,4-5,8-9,14-22H2,(H,33,36)/t26-,28-,31?/m1/s1. The number of aliphatic hydroxyl groups excluding tert-OH is 1. The van der Waals surface area contributed by atoms with Gasteiger partial charge in [-0.25, -0.2) is 4.39 Å². The van der Waals surface area contributed by atoms with Gasteiger partial charge in [-0.15, -0.1) is 0 Å². The number of likely N-dealkylation sites (tertiary alicyclic amines) is 1. The number of ketones is 1. The first kappa shape index (κ1) is 29.2. The number of hydrogen-bond donors (Lipinski definition) is 2. The number of nitrogens with one attached hydrogen (secondary N) is 1. The molecule has 2 aliphatic rings. The third-order valence-electron chi connectivity index (χ3n) is 7.62. The second-order valence-corrected chi connectivity index (χ2v) is 10.7. The molecule has 8 heteroatoms. The fourth-order valence-electron chi connectivity index (χ4n) is 5.28. The fraction of sp³-hybridized carbons (Fsp3) is 0.548. The summed E-state index contributed by atoms with van der Waals surface area (Å²) in [5.74, 6) is 0.863. The number of nitrogens with zero attached hydrogens (tertiary/aromatic N) is 1. The van der Waals surface area contributed by atoms with Gasteiger partial charge in [0.15, 0.2) is 0 Å². The van der Waals surface area contributed by atoms with Crippen LogP contribution in [0, 0.1) is 5.92 Å². The number of carbonyl (C=O) groups excluding carboxylic acids is 2. The van der Waals surface area contributed by atoms with E-state index in [9.17, 15) is 19.1 Å². The van der Waals surface area contributed by atoms with Crippen LogP contribution in [0.2, 0.25) is 0 Å². The molecule has 2 N–H and O–H groups in total. The Hall–Kier alpha value is -2.81. The molecular weight excluding hydrogens is 499 g/mol. The first-order chi connectivity index (χ1) is 19.0. The normalized spacial score (nSPS) is 19.9. The summed E-state index contributed by atoms with van der Waals surface area (Å²) < 4.78 is 25.0. The van der Waals surface area contributed by atoms with Gasteiger partial charge in [-0.2, -0.15) is 0 Å². The number of alkyl halides is 1. The van der Waals surface area contributed by atoms with Gasteiger partial charge in [-0.3, -0.25) is 14.5 Å². The molecule has 2 aromatic carbocycles. The predicted molar refractivity (Wildman–Crippen MR) is 147 cm³/mol. The van der Waals surface area contributed by atoms with Gasteiger partial charge in [0.1, 0.15) is 30.4 Å². The zero-order chi connectivity index (χ0) is 27.5. The van der Waals surface area contributed by atoms with Gasteiger partial charge in [0.25, 0.3) is 0 Å². The van der Waals surface area contributed by atoms with Crippen LogP contribution in [-0.2, 0) is 20.9 Å². The molecule has 2 fully saturated rings. The van der Waals surface area contributed by atoms with E-state index < -0.39 is 18.3 Å². The number of halogens is 1. The Morgan fingerprint density at radius 1 is 1.03 bits per heavy atom. The Balaban J connectivity index is 1.28. The average Bonchev–Trinajstić information content (AvgIpc) is 3.39. The molecule has 4 rings (SSSR count). The molecule has 0 spiro atoms. The van der Waals surface area contributed by atoms with Gasteiger partial charge in [0.05, 0.1) is 6.04 Å². The Kier molecular flexibility index (Phi) is 11.3. The minimum Gasteiger partial charge on any atom is -0.489 e. The molecule has 2 heterocycles. The third kappa shape index (κ3) is 9.41. The maximum Gasteiger partial charge on any atom is 0.220 e. The van der Waals surface area contributed by atoms with Gasteiger partial charge in [-0.05, 0) is 55.4 Å². The lowest BCUT2D eigenvalue weighted by molar-refractivity contribution is -0.126. The van der Waals surface area contributed by atoms with Gasteiger partial charge < -0.3 is 19.9 Å². The molecule has 212 valence electrons. The molecule has 7 nitrogen and oxygen atoms in total. The first-order valence-corrected chi connectivity index (χ1v) is 14.2. The summed E-state index contributed by atoms with van der Waals surface area (Å²) in [5.41, 5.74) is 1.72. The number of benzene rings is 2. The first-order valence-electron chi connectivity index (χ1n) is 14.2. The highest BCUT2D eigenvalue weighted by Gasteiger charge is 2.29. The summed E-state index contributed by atoms with van der Waals surface area (Å²) in [6.07, 6.45) is 2.23. The van der Waals surface area contributed by atoms with Crippen molar-refractivity contribution >= 4 is 11.7 Å². The van der Waals surface area contributed by atoms with Crippen LogP contribution in [-0.4, -0.2) is 66.8 Å². The van der Waals surface area contributed by atoms with Crippen molar-refractivity contribution in [3.05, 3.63) is 65.7 Å². The van der Waals surface area contributed by atoms with Crippen molar-refractivity contribution in [2.45, 2.75) is 69.9 Å². The molecule has 1 amide bonds. The lowest BCUT2D eigenvalue weighted by Crippen LogP contribution is -2.46. The Morgan fingerprint density at radius 2 is 1.74 bits per heavy atom. The molecule has 0 aromatic heterocycles. The average molecular weight is 541 g/mol. The second kappa shape index (κ2) is 15.1. The topological polar surface area (TPSA) is 88.1 Å². The number of aliphatic hydroxyl groups is 1. The highest BCUT2D eigenvalue weighted by atomic mass is 19.1. The van der Waals surface area contributed by atoms with E-state index in [1.165, 1.54) is 0 Å². The van der Waals surface area contributed by atoms with Crippen molar-refractivity contribution in [1.29, 1.82) is 0 Å². The lowest BCUT2D eigenvalue weighted by Gasteiger charge is -2.29. The number of carbonyl (C=O) groups is 2. The quantitative estimate of drug-likeness (QED) is 0.346. The van der Waals surface area contributed by atoms with Crippen LogP contribution in [0.4, 0.5) is 4.39 Å². The molecule has 0 saturated carbocycles. The second-order valence-electron chi connectivity index (χ2n) is 10.7. The minimum atomic E-state index is -0.953. The summed E-state index contributed by atoms with van der Waals surface area (Å²) in [7, 11) is 0. The van der Waals surface area contributed by atoms with Crippen LogP contribution >= 0.6 is 0 Å². The van der Waals surface area contributed by atoms with E-state index in [1.807, 2.05) is 47.4 Å². The van der Waals surface area contributed by atoms with Crippen LogP contribution in [0.1, 0.15) is 62.2 Å². The molecule has 2 aromatic rings. The number of amides is 1. The van der Waals surface area contributed by atoms with Gasteiger partial charge >= 0.3 is 0 Å². The number of unbranched alkanes of at least 4 members (excludes halogenated alkanes) is 1. The van der Waals surface area contributed by atoms with Crippen LogP contribution in [0.3, 0.4) is 0 Å². The van der Waals surface area contributed by atoms with Crippen molar-refractivity contribution in [3.63, 3.8) is 0 Å². The highest BCUT2D eigenvalue weighted by Crippen LogP contribution is 2.24. The van der Waals surface area contributed by atoms with E-state index >= 15 is 0 Å². The molecule has 0 aliphatic carbocycles. The van der Waals surface area contributed by atoms with E-state index in [2.05, 4.69) is 5.32 Å². The number of hydrogen-bond acceptors (Lipinski definition) is 6. The van der Waals surface area contributed by atoms with E-state index in [4.69, 9.17) is 9.47 Å². The number of rotatable bonds is 14. The molecular formula is C31H41FN2O5. The van der Waals surface area contributed by atoms with Crippen molar-refractivity contribution in [1.82, 2.24) is 10.2 Å². The van der Waals surface area contributed by atoms with Crippen LogP contribution in [0.5, 0.6) is 5.75 Å². The fourth-order valence-corrected chi connectivity index (χ4v) is 5.28. The zero-order valence-electron chi connectivity index (χ0n) is 22.6. The molecule has 1 unspecified atom stereocenters. The summed E-state index contributed by atoms with van der Waals surface area (Å²) in [4.78, 5) is 27.1. The molecule has 3 atom stereocenters. The third-order valence-corrected chi connectivity index (χ3v) is 7.62. The van der Waals surface area contributed by atoms with E-state index in [-0.39, 0.29) is 24.0 Å². The maximum atomic E-state index is 13.8. The maximum absolute atomic E-state index is 13.8. The number of Topliss-reactive ketones (excluding diaryl/α,β-unsaturated/α-hetero) is 1. The molecule has 2 aliphatic heterocycles. The summed E-state index contributed by atoms with van der Waals surface area (Å²) in [6.45, 7) is 3.00. The summed E-state index contributed by atoms with van der Waals surface area (Å²) >= 11 is 0. The van der Waals surface area contributed by atoms with Crippen LogP contribution < -0.4 is 10.1 Å². The van der Waals surface area contributed by atoms with Gasteiger partial charge in [0, 0.05) is 51.6 Å². The Morgan fingerprint density at radius 3 is 2.44 bits per heavy atom. The van der Waals surface area contributed by atoms with E-state index in [0.29, 0.717) is 76.5 Å². The van der Waals surface area contributed by atoms with Crippen molar-refractivity contribution < 1.29 is 28.6 Å². The smallest absolute Gasteiger partial charge is 0.220 e.